The van der Waals surface area contributed by atoms with E-state index in [0.717, 1.165) is 18.4 Å². The summed E-state index contributed by atoms with van der Waals surface area (Å²) >= 11 is 0. The number of amides is 1. The maximum atomic E-state index is 12.7. The van der Waals surface area contributed by atoms with Gasteiger partial charge in [0.15, 0.2) is 0 Å². The molecule has 0 spiro atoms. The van der Waals surface area contributed by atoms with E-state index in [2.05, 4.69) is 15.0 Å². The molecule has 0 radical (unpaired) electrons. The Kier molecular flexibility index (Phi) is 7.74. The van der Waals surface area contributed by atoms with Crippen molar-refractivity contribution in [3.05, 3.63) is 77.0 Å². The lowest BCUT2D eigenvalue weighted by Crippen LogP contribution is -2.37. The van der Waals surface area contributed by atoms with Crippen molar-refractivity contribution in [3.8, 4) is 5.75 Å². The van der Waals surface area contributed by atoms with E-state index in [1.807, 2.05) is 0 Å². The summed E-state index contributed by atoms with van der Waals surface area (Å²) in [6.45, 7) is -0.725. The number of ether oxygens (including phenoxy) is 1. The lowest BCUT2D eigenvalue weighted by molar-refractivity contribution is -0.384. The Morgan fingerprint density at radius 1 is 1.08 bits per heavy atom. The van der Waals surface area contributed by atoms with Crippen LogP contribution in [0.3, 0.4) is 0 Å². The van der Waals surface area contributed by atoms with Gasteiger partial charge in [0, 0.05) is 24.0 Å². The molecule has 3 aromatic rings. The van der Waals surface area contributed by atoms with Gasteiger partial charge >= 0.3 is 0 Å². The van der Waals surface area contributed by atoms with Gasteiger partial charge in [-0.2, -0.15) is 0 Å². The molecule has 190 valence electrons. The van der Waals surface area contributed by atoms with Crippen LogP contribution < -0.4 is 19.1 Å². The Hall–Kier alpha value is -4.24. The van der Waals surface area contributed by atoms with Crippen LogP contribution in [0.5, 0.6) is 5.75 Å². The second-order valence-electron chi connectivity index (χ2n) is 7.28. The van der Waals surface area contributed by atoms with Crippen molar-refractivity contribution >= 4 is 48.8 Å². The van der Waals surface area contributed by atoms with Crippen LogP contribution in [0, 0.1) is 10.1 Å². The zero-order valence-corrected chi connectivity index (χ0v) is 20.6. The first-order valence-electron chi connectivity index (χ1n) is 10.0. The number of aromatic nitrogens is 1. The van der Waals surface area contributed by atoms with Crippen LogP contribution in [0.15, 0.2) is 71.8 Å². The van der Waals surface area contributed by atoms with Gasteiger partial charge < -0.3 is 10.1 Å². The standard InChI is InChI=1S/C21H21N5O8S2/c1-34-19-11-8-16(26(28)29)13-18(19)25(35(2,30)31)14-21(27)23-15-6-9-17(10-7-15)36(32,33)24-20-5-3-4-12-22-20/h3-13H,14H2,1-2H3,(H,22,24)(H,23,27). The molecule has 0 fully saturated rings. The molecule has 0 saturated heterocycles. The number of sulfonamides is 2. The van der Waals surface area contributed by atoms with Crippen LogP contribution in [-0.2, 0) is 24.8 Å². The molecule has 1 aromatic heterocycles. The fourth-order valence-corrected chi connectivity index (χ4v) is 4.90. The molecule has 0 saturated carbocycles. The summed E-state index contributed by atoms with van der Waals surface area (Å²) in [5.41, 5.74) is -0.390. The van der Waals surface area contributed by atoms with Crippen molar-refractivity contribution in [3.63, 3.8) is 0 Å². The number of nitro groups is 1. The molecule has 0 aliphatic carbocycles. The maximum absolute atomic E-state index is 12.7. The molecular formula is C21H21N5O8S2. The number of methoxy groups -OCH3 is 1. The van der Waals surface area contributed by atoms with E-state index >= 15 is 0 Å². The summed E-state index contributed by atoms with van der Waals surface area (Å²) in [7, 11) is -6.74. The summed E-state index contributed by atoms with van der Waals surface area (Å²) in [6.07, 6.45) is 2.27. The predicted molar refractivity (Wildman–Crippen MR) is 132 cm³/mol. The molecular weight excluding hydrogens is 514 g/mol. The topological polar surface area (TPSA) is 178 Å². The molecule has 2 aromatic carbocycles. The quantitative estimate of drug-likeness (QED) is 0.291. The number of nitrogens with zero attached hydrogens (tertiary/aromatic N) is 3. The first kappa shape index (κ1) is 26.4. The summed E-state index contributed by atoms with van der Waals surface area (Å²) in [6, 6.07) is 13.2. The fraction of sp³-hybridized carbons (Fsp3) is 0.143. The SMILES string of the molecule is COc1ccc([N+](=O)[O-])cc1N(CC(=O)Nc1ccc(S(=O)(=O)Nc2ccccn2)cc1)S(C)(=O)=O. The maximum Gasteiger partial charge on any atom is 0.271 e. The molecule has 3 rings (SSSR count). The highest BCUT2D eigenvalue weighted by atomic mass is 32.2. The molecule has 15 heteroatoms. The van der Waals surface area contributed by atoms with Crippen LogP contribution in [0.25, 0.3) is 0 Å². The molecule has 1 heterocycles. The number of carbonyl (C=O) groups excluding carboxylic acids is 1. The van der Waals surface area contributed by atoms with Crippen LogP contribution in [0.4, 0.5) is 22.9 Å². The number of hydrogen-bond donors (Lipinski definition) is 2. The minimum Gasteiger partial charge on any atom is -0.495 e. The van der Waals surface area contributed by atoms with Gasteiger partial charge in [0.05, 0.1) is 23.2 Å². The second-order valence-corrected chi connectivity index (χ2v) is 10.9. The summed E-state index contributed by atoms with van der Waals surface area (Å²) in [5, 5.41) is 13.6. The summed E-state index contributed by atoms with van der Waals surface area (Å²) < 4.78 is 58.0. The van der Waals surface area contributed by atoms with E-state index in [9.17, 15) is 31.7 Å². The number of pyridine rings is 1. The van der Waals surface area contributed by atoms with Crippen LogP contribution >= 0.6 is 0 Å². The molecule has 0 bridgehead atoms. The predicted octanol–water partition coefficient (Wildman–Crippen LogP) is 2.20. The zero-order valence-electron chi connectivity index (χ0n) is 19.0. The summed E-state index contributed by atoms with van der Waals surface area (Å²) in [4.78, 5) is 26.9. The van der Waals surface area contributed by atoms with Crippen molar-refractivity contribution in [1.29, 1.82) is 0 Å². The number of non-ortho nitro benzene ring substituents is 1. The average molecular weight is 536 g/mol. The third-order valence-corrected chi connectivity index (χ3v) is 7.18. The molecule has 0 aliphatic heterocycles. The fourth-order valence-electron chi connectivity index (χ4n) is 3.04. The number of benzene rings is 2. The number of hydrogen-bond acceptors (Lipinski definition) is 9. The highest BCUT2D eigenvalue weighted by Crippen LogP contribution is 2.33. The van der Waals surface area contributed by atoms with Crippen molar-refractivity contribution in [1.82, 2.24) is 4.98 Å². The van der Waals surface area contributed by atoms with Crippen LogP contribution in [0.1, 0.15) is 0 Å². The Morgan fingerprint density at radius 3 is 2.33 bits per heavy atom. The molecule has 36 heavy (non-hydrogen) atoms. The van der Waals surface area contributed by atoms with Crippen molar-refractivity contribution in [2.75, 3.05) is 34.3 Å². The van der Waals surface area contributed by atoms with Gasteiger partial charge in [0.2, 0.25) is 15.9 Å². The number of rotatable bonds is 10. The van der Waals surface area contributed by atoms with Crippen molar-refractivity contribution < 1.29 is 31.3 Å². The average Bonchev–Trinajstić information content (AvgIpc) is 2.82. The lowest BCUT2D eigenvalue weighted by Gasteiger charge is -2.23. The number of nitro benzene ring substituents is 1. The van der Waals surface area contributed by atoms with Crippen LogP contribution in [0.2, 0.25) is 0 Å². The van der Waals surface area contributed by atoms with E-state index in [1.165, 1.54) is 49.7 Å². The van der Waals surface area contributed by atoms with E-state index in [-0.39, 0.29) is 27.8 Å². The monoisotopic (exact) mass is 535 g/mol. The molecule has 1 amide bonds. The van der Waals surface area contributed by atoms with Gasteiger partial charge in [-0.1, -0.05) is 6.07 Å². The third kappa shape index (κ3) is 6.45. The van der Waals surface area contributed by atoms with E-state index in [0.29, 0.717) is 4.31 Å². The van der Waals surface area contributed by atoms with Gasteiger partial charge in [-0.05, 0) is 42.5 Å². The Morgan fingerprint density at radius 2 is 1.78 bits per heavy atom. The molecule has 0 atom stereocenters. The Labute approximate surface area is 207 Å². The largest absolute Gasteiger partial charge is 0.495 e. The number of anilines is 3. The minimum atomic E-state index is -4.06. The molecule has 0 aliphatic rings. The van der Waals surface area contributed by atoms with Gasteiger partial charge in [-0.25, -0.2) is 21.8 Å². The van der Waals surface area contributed by atoms with E-state index < -0.39 is 43.1 Å². The van der Waals surface area contributed by atoms with Gasteiger partial charge in [0.25, 0.3) is 15.7 Å². The van der Waals surface area contributed by atoms with E-state index in [1.54, 1.807) is 12.1 Å². The molecule has 13 nitrogen and oxygen atoms in total. The molecule has 2 N–H and O–H groups in total. The first-order chi connectivity index (χ1) is 16.9. The number of nitrogens with one attached hydrogen (secondary N) is 2. The van der Waals surface area contributed by atoms with Crippen molar-refractivity contribution in [2.45, 2.75) is 4.90 Å². The van der Waals surface area contributed by atoms with Gasteiger partial charge in [-0.3, -0.25) is 23.9 Å². The van der Waals surface area contributed by atoms with Gasteiger partial charge in [-0.15, -0.1) is 0 Å². The highest BCUT2D eigenvalue weighted by molar-refractivity contribution is 7.92. The minimum absolute atomic E-state index is 0.00814. The summed E-state index contributed by atoms with van der Waals surface area (Å²) in [5.74, 6) is -0.641. The van der Waals surface area contributed by atoms with Crippen molar-refractivity contribution in [2.24, 2.45) is 0 Å². The van der Waals surface area contributed by atoms with E-state index in [4.69, 9.17) is 4.74 Å². The van der Waals surface area contributed by atoms with Crippen LogP contribution in [-0.4, -0.2) is 52.6 Å². The van der Waals surface area contributed by atoms with Gasteiger partial charge in [0.1, 0.15) is 23.8 Å². The Balaban J connectivity index is 1.79. The zero-order chi connectivity index (χ0) is 26.5. The highest BCUT2D eigenvalue weighted by Gasteiger charge is 2.26. The normalized spacial score (nSPS) is 11.4. The Bertz CT molecular complexity index is 1480. The lowest BCUT2D eigenvalue weighted by atomic mass is 10.2. The number of carbonyl (C=O) groups is 1. The third-order valence-electron chi connectivity index (χ3n) is 4.68. The first-order valence-corrected chi connectivity index (χ1v) is 13.4. The molecule has 0 unspecified atom stereocenters. The second kappa shape index (κ2) is 10.6. The smallest absolute Gasteiger partial charge is 0.271 e.